The van der Waals surface area contributed by atoms with Crippen LogP contribution in [0.15, 0.2) is 4.42 Å². The predicted octanol–water partition coefficient (Wildman–Crippen LogP) is 1.96. The number of carbonyl (C=O) groups is 1. The normalized spacial score (nSPS) is 32.1. The molecule has 0 radical (unpaired) electrons. The second-order valence-corrected chi connectivity index (χ2v) is 6.22. The molecule has 9 nitrogen and oxygen atoms in total. The molecule has 12 heteroatoms. The summed E-state index contributed by atoms with van der Waals surface area (Å²) in [6.45, 7) is 0.0676. The molecular formula is C14H18F3N3O6. The smallest absolute Gasteiger partial charge is 0.465 e. The molecule has 1 aromatic heterocycles. The number of hydrogen-bond acceptors (Lipinski definition) is 7. The summed E-state index contributed by atoms with van der Waals surface area (Å²) in [5.41, 5.74) is 0. The monoisotopic (exact) mass is 381 g/mol. The second-order valence-electron chi connectivity index (χ2n) is 6.22. The van der Waals surface area contributed by atoms with Gasteiger partial charge in [-0.2, -0.15) is 0 Å². The van der Waals surface area contributed by atoms with Crippen LogP contribution >= 0.6 is 0 Å². The van der Waals surface area contributed by atoms with Gasteiger partial charge in [0.1, 0.15) is 6.10 Å². The van der Waals surface area contributed by atoms with Crippen LogP contribution in [0.2, 0.25) is 0 Å². The van der Waals surface area contributed by atoms with Gasteiger partial charge in [0.2, 0.25) is 11.8 Å². The van der Waals surface area contributed by atoms with Gasteiger partial charge in [-0.05, 0) is 12.8 Å². The van der Waals surface area contributed by atoms with Gasteiger partial charge in [-0.1, -0.05) is 0 Å². The molecule has 26 heavy (non-hydrogen) atoms. The van der Waals surface area contributed by atoms with E-state index in [9.17, 15) is 18.0 Å². The fourth-order valence-electron chi connectivity index (χ4n) is 3.09. The van der Waals surface area contributed by atoms with E-state index in [-0.39, 0.29) is 37.1 Å². The zero-order valence-electron chi connectivity index (χ0n) is 13.7. The van der Waals surface area contributed by atoms with Crippen LogP contribution in [0, 0.1) is 0 Å². The van der Waals surface area contributed by atoms with E-state index in [0.717, 1.165) is 0 Å². The van der Waals surface area contributed by atoms with Crippen molar-refractivity contribution >= 4 is 6.09 Å². The molecule has 0 aromatic carbocycles. The van der Waals surface area contributed by atoms with Gasteiger partial charge in [0.25, 0.3) is 0 Å². The standard InChI is InChI=1S/C14H18F3N3O6/c1-23-9-4-10(24-5-8(9)18-13(21)22)12-20-19-11(25-12)6-2-7(3-6)26-14(15,16)17/h6-10,18H,2-5H2,1H3,(H,21,22)/t6?,7?,8-,9?,10-/m0/s1. The average molecular weight is 381 g/mol. The Morgan fingerprint density at radius 3 is 2.58 bits per heavy atom. The summed E-state index contributed by atoms with van der Waals surface area (Å²) >= 11 is 0. The van der Waals surface area contributed by atoms with E-state index in [4.69, 9.17) is 19.0 Å². The van der Waals surface area contributed by atoms with Crippen LogP contribution in [0.5, 0.6) is 0 Å². The molecule has 1 aliphatic carbocycles. The van der Waals surface area contributed by atoms with Crippen molar-refractivity contribution in [2.75, 3.05) is 13.7 Å². The third-order valence-electron chi connectivity index (χ3n) is 4.46. The largest absolute Gasteiger partial charge is 0.522 e. The molecule has 146 valence electrons. The summed E-state index contributed by atoms with van der Waals surface area (Å²) in [4.78, 5) is 10.8. The number of rotatable bonds is 5. The van der Waals surface area contributed by atoms with Gasteiger partial charge in [0, 0.05) is 19.4 Å². The van der Waals surface area contributed by atoms with Crippen LogP contribution in [-0.2, 0) is 14.2 Å². The number of alkyl halides is 3. The third kappa shape index (κ3) is 4.43. The first-order valence-corrected chi connectivity index (χ1v) is 7.97. The Morgan fingerprint density at radius 1 is 1.27 bits per heavy atom. The second kappa shape index (κ2) is 7.37. The van der Waals surface area contributed by atoms with E-state index in [0.29, 0.717) is 6.42 Å². The lowest BCUT2D eigenvalue weighted by molar-refractivity contribution is -0.352. The third-order valence-corrected chi connectivity index (χ3v) is 4.46. The summed E-state index contributed by atoms with van der Waals surface area (Å²) in [7, 11) is 1.46. The minimum Gasteiger partial charge on any atom is -0.465 e. The van der Waals surface area contributed by atoms with Crippen LogP contribution in [0.25, 0.3) is 0 Å². The molecule has 3 rings (SSSR count). The highest BCUT2D eigenvalue weighted by atomic mass is 19.4. The van der Waals surface area contributed by atoms with Crippen molar-refractivity contribution in [2.24, 2.45) is 0 Å². The van der Waals surface area contributed by atoms with E-state index in [2.05, 4.69) is 20.3 Å². The molecule has 0 bridgehead atoms. The molecule has 3 atom stereocenters. The molecule has 1 amide bonds. The van der Waals surface area contributed by atoms with Crippen molar-refractivity contribution in [2.45, 2.75) is 55.9 Å². The van der Waals surface area contributed by atoms with Crippen molar-refractivity contribution in [1.29, 1.82) is 0 Å². The van der Waals surface area contributed by atoms with Gasteiger partial charge in [-0.15, -0.1) is 23.4 Å². The number of ether oxygens (including phenoxy) is 3. The van der Waals surface area contributed by atoms with Gasteiger partial charge in [-0.3, -0.25) is 4.74 Å². The summed E-state index contributed by atoms with van der Waals surface area (Å²) in [5, 5.41) is 18.9. The summed E-state index contributed by atoms with van der Waals surface area (Å²) < 4.78 is 56.7. The molecule has 2 aliphatic rings. The Balaban J connectivity index is 1.55. The lowest BCUT2D eigenvalue weighted by Crippen LogP contribution is -2.50. The number of methoxy groups -OCH3 is 1. The number of halogens is 3. The maximum absolute atomic E-state index is 12.1. The number of amides is 1. The highest BCUT2D eigenvalue weighted by molar-refractivity contribution is 5.65. The molecule has 0 spiro atoms. The number of nitrogens with zero attached hydrogens (tertiary/aromatic N) is 2. The molecule has 1 aliphatic heterocycles. The van der Waals surface area contributed by atoms with E-state index in [1.165, 1.54) is 7.11 Å². The lowest BCUT2D eigenvalue weighted by atomic mass is 9.82. The Kier molecular flexibility index (Phi) is 5.34. The van der Waals surface area contributed by atoms with E-state index >= 15 is 0 Å². The Labute approximate surface area is 145 Å². The van der Waals surface area contributed by atoms with E-state index in [1.807, 2.05) is 0 Å². The Bertz CT molecular complexity index is 634. The highest BCUT2D eigenvalue weighted by Crippen LogP contribution is 2.41. The predicted molar refractivity (Wildman–Crippen MR) is 76.3 cm³/mol. The number of hydrogen-bond donors (Lipinski definition) is 2. The topological polar surface area (TPSA) is 116 Å². The molecule has 2 heterocycles. The summed E-state index contributed by atoms with van der Waals surface area (Å²) in [6, 6.07) is -0.525. The van der Waals surface area contributed by atoms with Crippen molar-refractivity contribution in [1.82, 2.24) is 15.5 Å². The number of nitrogens with one attached hydrogen (secondary N) is 1. The first kappa shape index (κ1) is 18.9. The molecular weight excluding hydrogens is 363 g/mol. The maximum Gasteiger partial charge on any atom is 0.522 e. The summed E-state index contributed by atoms with van der Waals surface area (Å²) in [5.74, 6) is 0.147. The van der Waals surface area contributed by atoms with Crippen LogP contribution in [0.1, 0.15) is 43.1 Å². The zero-order valence-corrected chi connectivity index (χ0v) is 13.7. The minimum absolute atomic E-state index is 0.0676. The molecule has 1 saturated carbocycles. The Morgan fingerprint density at radius 2 is 1.96 bits per heavy atom. The first-order valence-electron chi connectivity index (χ1n) is 7.97. The molecule has 1 saturated heterocycles. The molecule has 2 fully saturated rings. The maximum atomic E-state index is 12.1. The van der Waals surface area contributed by atoms with Crippen LogP contribution in [-0.4, -0.2) is 59.7 Å². The van der Waals surface area contributed by atoms with Gasteiger partial charge in [0.15, 0.2) is 0 Å². The van der Waals surface area contributed by atoms with Crippen molar-refractivity contribution in [3.05, 3.63) is 11.8 Å². The average Bonchev–Trinajstić information content (AvgIpc) is 2.98. The van der Waals surface area contributed by atoms with E-state index in [1.54, 1.807) is 0 Å². The SMILES string of the molecule is COC1C[C@@H](c2nnc(C3CC(OC(F)(F)F)C3)o2)OC[C@@H]1NC(=O)O. The van der Waals surface area contributed by atoms with Gasteiger partial charge < -0.3 is 24.3 Å². The van der Waals surface area contributed by atoms with Crippen LogP contribution < -0.4 is 5.32 Å². The molecule has 2 N–H and O–H groups in total. The van der Waals surface area contributed by atoms with Gasteiger partial charge in [0.05, 0.1) is 24.9 Å². The van der Waals surface area contributed by atoms with Crippen molar-refractivity contribution < 1.29 is 41.7 Å². The fraction of sp³-hybridized carbons (Fsp3) is 0.786. The quantitative estimate of drug-likeness (QED) is 0.795. The van der Waals surface area contributed by atoms with Crippen molar-refractivity contribution in [3.8, 4) is 0 Å². The lowest BCUT2D eigenvalue weighted by Gasteiger charge is -2.34. The summed E-state index contributed by atoms with van der Waals surface area (Å²) in [6.07, 6.45) is -7.14. The number of aromatic nitrogens is 2. The van der Waals surface area contributed by atoms with Crippen molar-refractivity contribution in [3.63, 3.8) is 0 Å². The zero-order chi connectivity index (χ0) is 18.9. The molecule has 1 unspecified atom stereocenters. The molecule has 1 aromatic rings. The Hall–Kier alpha value is -1.92. The van der Waals surface area contributed by atoms with Gasteiger partial charge >= 0.3 is 12.5 Å². The first-order chi connectivity index (χ1) is 12.2. The minimum atomic E-state index is -4.65. The van der Waals surface area contributed by atoms with Crippen LogP contribution in [0.4, 0.5) is 18.0 Å². The van der Waals surface area contributed by atoms with Crippen LogP contribution in [0.3, 0.4) is 0 Å². The number of carboxylic acid groups (broad SMARTS) is 1. The van der Waals surface area contributed by atoms with E-state index < -0.39 is 36.8 Å². The van der Waals surface area contributed by atoms with Gasteiger partial charge in [-0.25, -0.2) is 4.79 Å². The highest BCUT2D eigenvalue weighted by Gasteiger charge is 2.43. The fourth-order valence-corrected chi connectivity index (χ4v) is 3.09.